The van der Waals surface area contributed by atoms with Crippen LogP contribution in [0, 0.1) is 0 Å². The highest BCUT2D eigenvalue weighted by atomic mass is 16.6. The first kappa shape index (κ1) is 30.0. The van der Waals surface area contributed by atoms with E-state index < -0.39 is 7.12 Å². The van der Waals surface area contributed by atoms with Crippen molar-refractivity contribution in [3.63, 3.8) is 0 Å². The molecule has 7 rings (SSSR count). The van der Waals surface area contributed by atoms with Crippen molar-refractivity contribution < 1.29 is 9.31 Å². The summed E-state index contributed by atoms with van der Waals surface area (Å²) >= 11 is 0. The van der Waals surface area contributed by atoms with Crippen molar-refractivity contribution in [2.75, 3.05) is 0 Å². The maximum atomic E-state index is 6.63. The monoisotopic (exact) mass is 594 g/mol. The van der Waals surface area contributed by atoms with Crippen LogP contribution in [-0.4, -0.2) is 7.12 Å². The Hall–Kier alpha value is -3.72. The molecule has 230 valence electrons. The lowest BCUT2D eigenvalue weighted by molar-refractivity contribution is 0.436. The van der Waals surface area contributed by atoms with E-state index in [4.69, 9.17) is 9.31 Å². The average molecular weight is 595 g/mol. The summed E-state index contributed by atoms with van der Waals surface area (Å²) in [5, 5.41) is 5.02. The molecule has 0 fully saturated rings. The minimum Gasteiger partial charge on any atom is -0.521 e. The highest BCUT2D eigenvalue weighted by molar-refractivity contribution is 6.68. The van der Waals surface area contributed by atoms with Crippen molar-refractivity contribution in [2.24, 2.45) is 0 Å². The summed E-state index contributed by atoms with van der Waals surface area (Å²) in [7, 11) is -0.440. The van der Waals surface area contributed by atoms with E-state index in [1.807, 2.05) is 0 Å². The first-order valence-electron chi connectivity index (χ1n) is 17.8. The second kappa shape index (κ2) is 13.7. The van der Waals surface area contributed by atoms with Gasteiger partial charge in [0, 0.05) is 16.6 Å². The zero-order chi connectivity index (χ0) is 30.6. The van der Waals surface area contributed by atoms with Gasteiger partial charge in [0.05, 0.1) is 0 Å². The van der Waals surface area contributed by atoms with Gasteiger partial charge in [0.25, 0.3) is 0 Å². The molecular formula is C42H47BO2. The molecule has 0 bridgehead atoms. The van der Waals surface area contributed by atoms with E-state index in [-0.39, 0.29) is 0 Å². The summed E-state index contributed by atoms with van der Waals surface area (Å²) in [6, 6.07) is 29.7. The van der Waals surface area contributed by atoms with Gasteiger partial charge in [-0.15, -0.1) is 0 Å². The fraction of sp³-hybridized carbons (Fsp3) is 0.381. The standard InChI is InChI=1S/C42H47BO2/c1-3-5-7-9-11-13-16-30-20-22-32-28-40-38(26-34(32)24-30)36-18-15-19-37-39-27-35-25-31(17-14-12-10-8-6-4-2)21-23-33(35)29-41(39)45-43(44-40)42(36)37/h15,18-29H,3-14,16-17H2,1-2H3. The Balaban J connectivity index is 1.15. The highest BCUT2D eigenvalue weighted by Gasteiger charge is 2.41. The topological polar surface area (TPSA) is 18.5 Å². The highest BCUT2D eigenvalue weighted by Crippen LogP contribution is 2.44. The molecule has 0 N–H and O–H groups in total. The predicted octanol–water partition coefficient (Wildman–Crippen LogP) is 11.6. The van der Waals surface area contributed by atoms with Crippen LogP contribution in [0.1, 0.15) is 102 Å². The number of aryl methyl sites for hydroxylation is 2. The Bertz CT molecular complexity index is 1680. The molecule has 3 heteroatoms. The molecular weight excluding hydrogens is 547 g/mol. The molecule has 0 unspecified atom stereocenters. The van der Waals surface area contributed by atoms with Gasteiger partial charge >= 0.3 is 7.12 Å². The van der Waals surface area contributed by atoms with Crippen molar-refractivity contribution in [3.05, 3.63) is 90.0 Å². The van der Waals surface area contributed by atoms with E-state index in [1.165, 1.54) is 132 Å². The number of hydrogen-bond acceptors (Lipinski definition) is 2. The quantitative estimate of drug-likeness (QED) is 0.0941. The number of fused-ring (bicyclic) bond motifs is 6. The third-order valence-electron chi connectivity index (χ3n) is 10.0. The third-order valence-corrected chi connectivity index (χ3v) is 10.0. The lowest BCUT2D eigenvalue weighted by Crippen LogP contribution is -2.49. The van der Waals surface area contributed by atoms with E-state index in [9.17, 15) is 0 Å². The zero-order valence-electron chi connectivity index (χ0n) is 27.3. The lowest BCUT2D eigenvalue weighted by Gasteiger charge is -2.32. The van der Waals surface area contributed by atoms with Crippen molar-refractivity contribution in [3.8, 4) is 33.8 Å². The second-order valence-electron chi connectivity index (χ2n) is 13.4. The minimum absolute atomic E-state index is 0.440. The molecule has 5 aromatic rings. The lowest BCUT2D eigenvalue weighted by atomic mass is 9.66. The molecule has 0 saturated heterocycles. The van der Waals surface area contributed by atoms with Crippen LogP contribution in [0.15, 0.2) is 78.9 Å². The number of rotatable bonds is 14. The molecule has 0 aliphatic carbocycles. The second-order valence-corrected chi connectivity index (χ2v) is 13.4. The van der Waals surface area contributed by atoms with Gasteiger partial charge in [-0.05, 0) is 93.7 Å². The van der Waals surface area contributed by atoms with Crippen LogP contribution in [0.3, 0.4) is 0 Å². The van der Waals surface area contributed by atoms with E-state index in [1.54, 1.807) is 0 Å². The molecule has 5 aromatic carbocycles. The summed E-state index contributed by atoms with van der Waals surface area (Å²) in [5.41, 5.74) is 8.81. The largest absolute Gasteiger partial charge is 0.633 e. The maximum absolute atomic E-state index is 6.63. The third kappa shape index (κ3) is 6.37. The van der Waals surface area contributed by atoms with Crippen LogP contribution in [-0.2, 0) is 12.8 Å². The van der Waals surface area contributed by atoms with E-state index >= 15 is 0 Å². The summed E-state index contributed by atoms with van der Waals surface area (Å²) in [6.45, 7) is 4.56. The molecule has 45 heavy (non-hydrogen) atoms. The molecule has 2 heterocycles. The molecule has 0 atom stereocenters. The van der Waals surface area contributed by atoms with Crippen LogP contribution in [0.25, 0.3) is 43.8 Å². The van der Waals surface area contributed by atoms with Gasteiger partial charge in [-0.2, -0.15) is 0 Å². The van der Waals surface area contributed by atoms with Crippen molar-refractivity contribution >= 4 is 34.1 Å². The Labute approximate surface area is 270 Å². The van der Waals surface area contributed by atoms with Crippen LogP contribution in [0.4, 0.5) is 0 Å². The number of hydrogen-bond donors (Lipinski definition) is 0. The molecule has 2 aliphatic heterocycles. The Morgan fingerprint density at radius 2 is 0.911 bits per heavy atom. The van der Waals surface area contributed by atoms with Crippen molar-refractivity contribution in [1.29, 1.82) is 0 Å². The van der Waals surface area contributed by atoms with Gasteiger partial charge in [0.1, 0.15) is 11.5 Å². The Kier molecular flexibility index (Phi) is 9.14. The number of unbranched alkanes of at least 4 members (excludes halogenated alkanes) is 10. The molecule has 2 aliphatic rings. The smallest absolute Gasteiger partial charge is 0.521 e. The van der Waals surface area contributed by atoms with Gasteiger partial charge in [-0.1, -0.05) is 133 Å². The van der Waals surface area contributed by atoms with Crippen LogP contribution < -0.4 is 14.8 Å². The first-order chi connectivity index (χ1) is 22.2. The summed E-state index contributed by atoms with van der Waals surface area (Å²) in [6.07, 6.45) is 18.3. The van der Waals surface area contributed by atoms with E-state index in [0.717, 1.165) is 29.8 Å². The van der Waals surface area contributed by atoms with E-state index in [2.05, 4.69) is 92.7 Å². The zero-order valence-corrected chi connectivity index (χ0v) is 27.3. The van der Waals surface area contributed by atoms with Crippen LogP contribution in [0.5, 0.6) is 11.5 Å². The number of benzene rings is 5. The normalized spacial score (nSPS) is 12.9. The van der Waals surface area contributed by atoms with Gasteiger partial charge in [0.15, 0.2) is 0 Å². The van der Waals surface area contributed by atoms with Crippen molar-refractivity contribution in [2.45, 2.75) is 104 Å². The van der Waals surface area contributed by atoms with Gasteiger partial charge in [0.2, 0.25) is 0 Å². The average Bonchev–Trinajstić information content (AvgIpc) is 3.06. The fourth-order valence-electron chi connectivity index (χ4n) is 7.46. The Morgan fingerprint density at radius 3 is 1.40 bits per heavy atom. The molecule has 0 aromatic heterocycles. The minimum atomic E-state index is -0.440. The molecule has 0 radical (unpaired) electrons. The summed E-state index contributed by atoms with van der Waals surface area (Å²) in [5.74, 6) is 1.81. The molecule has 0 saturated carbocycles. The van der Waals surface area contributed by atoms with Gasteiger partial charge < -0.3 is 9.31 Å². The summed E-state index contributed by atoms with van der Waals surface area (Å²) in [4.78, 5) is 0. The maximum Gasteiger partial charge on any atom is 0.633 e. The Morgan fingerprint density at radius 1 is 0.444 bits per heavy atom. The SMILES string of the molecule is CCCCCCCCc1ccc2cc3c(cc2c1)-c1cccc2c1B(O3)Oc1cc3ccc(CCCCCCCC)cc3cc1-2. The summed E-state index contributed by atoms with van der Waals surface area (Å²) < 4.78 is 13.3. The van der Waals surface area contributed by atoms with E-state index in [0.29, 0.717) is 0 Å². The predicted molar refractivity (Wildman–Crippen MR) is 193 cm³/mol. The van der Waals surface area contributed by atoms with Gasteiger partial charge in [-0.3, -0.25) is 0 Å². The molecule has 0 spiro atoms. The fourth-order valence-corrected chi connectivity index (χ4v) is 7.46. The van der Waals surface area contributed by atoms with Crippen LogP contribution in [0.2, 0.25) is 0 Å². The van der Waals surface area contributed by atoms with Crippen LogP contribution >= 0.6 is 0 Å². The van der Waals surface area contributed by atoms with Gasteiger partial charge in [-0.25, -0.2) is 0 Å². The molecule has 0 amide bonds. The first-order valence-corrected chi connectivity index (χ1v) is 17.8. The molecule has 2 nitrogen and oxygen atoms in total. The van der Waals surface area contributed by atoms with Crippen molar-refractivity contribution in [1.82, 2.24) is 0 Å².